The zero-order chi connectivity index (χ0) is 14.1. The van der Waals surface area contributed by atoms with Gasteiger partial charge >= 0.3 is 0 Å². The summed E-state index contributed by atoms with van der Waals surface area (Å²) in [6.45, 7) is 3.92. The van der Waals surface area contributed by atoms with Crippen molar-refractivity contribution in [1.82, 2.24) is 9.88 Å². The van der Waals surface area contributed by atoms with Crippen LogP contribution in [0.1, 0.15) is 30.1 Å². The molecule has 0 bridgehead atoms. The number of carbonyl (C=O) groups excluding carboxylic acids is 1. The van der Waals surface area contributed by atoms with Crippen molar-refractivity contribution in [2.75, 3.05) is 20.2 Å². The number of aromatic nitrogens is 1. The lowest BCUT2D eigenvalue weighted by molar-refractivity contribution is 0.0685. The molecule has 1 aliphatic heterocycles. The topological polar surface area (TPSA) is 45.3 Å². The number of likely N-dealkylation sites (tertiary alicyclic amines) is 1. The predicted octanol–water partition coefficient (Wildman–Crippen LogP) is 3.05. The van der Waals surface area contributed by atoms with E-state index in [1.165, 1.54) is 6.42 Å². The molecule has 1 atom stereocenters. The number of benzene rings is 1. The molecule has 1 fully saturated rings. The highest BCUT2D eigenvalue weighted by atomic mass is 16.5. The summed E-state index contributed by atoms with van der Waals surface area (Å²) >= 11 is 0. The van der Waals surface area contributed by atoms with Gasteiger partial charge in [-0.3, -0.25) is 4.79 Å². The number of fused-ring (bicyclic) bond motifs is 1. The van der Waals surface area contributed by atoms with Crippen molar-refractivity contribution in [3.63, 3.8) is 0 Å². The van der Waals surface area contributed by atoms with E-state index in [-0.39, 0.29) is 5.91 Å². The molecular weight excluding hydrogens is 252 g/mol. The van der Waals surface area contributed by atoms with Crippen molar-refractivity contribution in [3.05, 3.63) is 30.0 Å². The maximum Gasteiger partial charge on any atom is 0.256 e. The van der Waals surface area contributed by atoms with Gasteiger partial charge in [0.2, 0.25) is 0 Å². The highest BCUT2D eigenvalue weighted by molar-refractivity contribution is 6.07. The van der Waals surface area contributed by atoms with E-state index in [2.05, 4.69) is 11.9 Å². The van der Waals surface area contributed by atoms with E-state index in [4.69, 9.17) is 4.74 Å². The molecule has 1 unspecified atom stereocenters. The molecule has 0 radical (unpaired) electrons. The van der Waals surface area contributed by atoms with E-state index in [1.807, 2.05) is 29.3 Å². The van der Waals surface area contributed by atoms with E-state index >= 15 is 0 Å². The van der Waals surface area contributed by atoms with Crippen LogP contribution < -0.4 is 4.74 Å². The van der Waals surface area contributed by atoms with Crippen LogP contribution in [-0.4, -0.2) is 36.0 Å². The summed E-state index contributed by atoms with van der Waals surface area (Å²) in [6.07, 6.45) is 4.12. The number of aromatic amines is 1. The fourth-order valence-electron chi connectivity index (χ4n) is 2.95. The van der Waals surface area contributed by atoms with Gasteiger partial charge in [0.25, 0.3) is 5.91 Å². The van der Waals surface area contributed by atoms with Crippen LogP contribution >= 0.6 is 0 Å². The van der Waals surface area contributed by atoms with Gasteiger partial charge < -0.3 is 14.6 Å². The Morgan fingerprint density at radius 3 is 3.05 bits per heavy atom. The van der Waals surface area contributed by atoms with Crippen molar-refractivity contribution < 1.29 is 9.53 Å². The molecular formula is C16H20N2O2. The molecule has 1 amide bonds. The molecule has 1 saturated heterocycles. The van der Waals surface area contributed by atoms with Crippen molar-refractivity contribution in [2.45, 2.75) is 19.8 Å². The van der Waals surface area contributed by atoms with E-state index in [1.54, 1.807) is 7.11 Å². The minimum Gasteiger partial charge on any atom is -0.497 e. The van der Waals surface area contributed by atoms with Gasteiger partial charge in [0.1, 0.15) is 5.75 Å². The molecule has 4 nitrogen and oxygen atoms in total. The Kier molecular flexibility index (Phi) is 3.38. The lowest BCUT2D eigenvalue weighted by atomic mass is 9.99. The Hall–Kier alpha value is -1.97. The molecule has 1 N–H and O–H groups in total. The first kappa shape index (κ1) is 13.0. The second kappa shape index (κ2) is 5.19. The van der Waals surface area contributed by atoms with E-state index < -0.39 is 0 Å². The van der Waals surface area contributed by atoms with Crippen molar-refractivity contribution in [2.24, 2.45) is 5.92 Å². The Morgan fingerprint density at radius 2 is 2.30 bits per heavy atom. The number of rotatable bonds is 2. The Labute approximate surface area is 118 Å². The number of hydrogen-bond acceptors (Lipinski definition) is 2. The summed E-state index contributed by atoms with van der Waals surface area (Å²) in [5.74, 6) is 1.49. The van der Waals surface area contributed by atoms with Crippen LogP contribution in [0, 0.1) is 5.92 Å². The van der Waals surface area contributed by atoms with Crippen LogP contribution in [0.25, 0.3) is 10.9 Å². The maximum absolute atomic E-state index is 12.7. The Balaban J connectivity index is 1.94. The molecule has 0 spiro atoms. The summed E-state index contributed by atoms with van der Waals surface area (Å²) in [7, 11) is 1.64. The second-order valence-electron chi connectivity index (χ2n) is 5.61. The normalized spacial score (nSPS) is 19.3. The summed E-state index contributed by atoms with van der Waals surface area (Å²) < 4.78 is 5.25. The largest absolute Gasteiger partial charge is 0.497 e. The Bertz CT molecular complexity index is 632. The number of nitrogens with one attached hydrogen (secondary N) is 1. The SMILES string of the molecule is COc1ccc2[nH]cc(C(=O)N3CCCC(C)C3)c2c1. The first-order valence-corrected chi connectivity index (χ1v) is 7.13. The summed E-state index contributed by atoms with van der Waals surface area (Å²) in [4.78, 5) is 17.8. The minimum atomic E-state index is 0.121. The van der Waals surface area contributed by atoms with E-state index in [0.29, 0.717) is 5.92 Å². The van der Waals surface area contributed by atoms with Crippen LogP contribution in [0.3, 0.4) is 0 Å². The second-order valence-corrected chi connectivity index (χ2v) is 5.61. The molecule has 0 saturated carbocycles. The molecule has 1 aromatic heterocycles. The van der Waals surface area contributed by atoms with Gasteiger partial charge in [-0.1, -0.05) is 6.92 Å². The number of H-pyrrole nitrogens is 1. The molecule has 3 rings (SSSR count). The smallest absolute Gasteiger partial charge is 0.256 e. The van der Waals surface area contributed by atoms with Crippen molar-refractivity contribution >= 4 is 16.8 Å². The molecule has 106 valence electrons. The minimum absolute atomic E-state index is 0.121. The molecule has 20 heavy (non-hydrogen) atoms. The average Bonchev–Trinajstić information content (AvgIpc) is 2.89. The summed E-state index contributed by atoms with van der Waals surface area (Å²) in [5.41, 5.74) is 1.72. The van der Waals surface area contributed by atoms with Gasteiger partial charge in [0, 0.05) is 30.2 Å². The fourth-order valence-corrected chi connectivity index (χ4v) is 2.95. The monoisotopic (exact) mass is 272 g/mol. The van der Waals surface area contributed by atoms with E-state index in [0.717, 1.165) is 41.7 Å². The van der Waals surface area contributed by atoms with Gasteiger partial charge in [0.05, 0.1) is 12.7 Å². The van der Waals surface area contributed by atoms with Gasteiger partial charge in [-0.25, -0.2) is 0 Å². The third-order valence-electron chi connectivity index (χ3n) is 4.06. The lowest BCUT2D eigenvalue weighted by Gasteiger charge is -2.30. The van der Waals surface area contributed by atoms with Gasteiger partial charge in [-0.2, -0.15) is 0 Å². The van der Waals surface area contributed by atoms with Gasteiger partial charge in [-0.05, 0) is 37.0 Å². The third-order valence-corrected chi connectivity index (χ3v) is 4.06. The molecule has 1 aliphatic rings. The predicted molar refractivity (Wildman–Crippen MR) is 79.2 cm³/mol. The highest BCUT2D eigenvalue weighted by Gasteiger charge is 2.24. The number of nitrogens with zero attached hydrogens (tertiary/aromatic N) is 1. The number of ether oxygens (including phenoxy) is 1. The molecule has 1 aromatic carbocycles. The number of piperidine rings is 1. The summed E-state index contributed by atoms with van der Waals surface area (Å²) in [5, 5.41) is 0.938. The standard InChI is InChI=1S/C16H20N2O2/c1-11-4-3-7-18(10-11)16(19)14-9-17-15-6-5-12(20-2)8-13(14)15/h5-6,8-9,11,17H,3-4,7,10H2,1-2H3. The Morgan fingerprint density at radius 1 is 1.45 bits per heavy atom. The first-order valence-electron chi connectivity index (χ1n) is 7.13. The number of hydrogen-bond donors (Lipinski definition) is 1. The molecule has 2 aromatic rings. The van der Waals surface area contributed by atoms with Gasteiger partial charge in [0.15, 0.2) is 0 Å². The van der Waals surface area contributed by atoms with Crippen molar-refractivity contribution in [3.8, 4) is 5.75 Å². The highest BCUT2D eigenvalue weighted by Crippen LogP contribution is 2.26. The van der Waals surface area contributed by atoms with E-state index in [9.17, 15) is 4.79 Å². The lowest BCUT2D eigenvalue weighted by Crippen LogP contribution is -2.39. The first-order chi connectivity index (χ1) is 9.69. The van der Waals surface area contributed by atoms with Crippen LogP contribution in [0.5, 0.6) is 5.75 Å². The third kappa shape index (κ3) is 2.26. The maximum atomic E-state index is 12.7. The number of carbonyl (C=O) groups is 1. The summed E-state index contributed by atoms with van der Waals surface area (Å²) in [6, 6.07) is 5.77. The van der Waals surface area contributed by atoms with Crippen LogP contribution in [0.4, 0.5) is 0 Å². The van der Waals surface area contributed by atoms with Crippen LogP contribution in [0.15, 0.2) is 24.4 Å². The zero-order valence-electron chi connectivity index (χ0n) is 12.0. The van der Waals surface area contributed by atoms with Crippen molar-refractivity contribution in [1.29, 1.82) is 0 Å². The number of methoxy groups -OCH3 is 1. The van der Waals surface area contributed by atoms with Gasteiger partial charge in [-0.15, -0.1) is 0 Å². The fraction of sp³-hybridized carbons (Fsp3) is 0.438. The average molecular weight is 272 g/mol. The quantitative estimate of drug-likeness (QED) is 0.913. The number of amides is 1. The molecule has 2 heterocycles. The zero-order valence-corrected chi connectivity index (χ0v) is 12.0. The van der Waals surface area contributed by atoms with Crippen LogP contribution in [0.2, 0.25) is 0 Å². The molecule has 4 heteroatoms. The van der Waals surface area contributed by atoms with Crippen LogP contribution in [-0.2, 0) is 0 Å². The molecule has 0 aliphatic carbocycles.